The van der Waals surface area contributed by atoms with Gasteiger partial charge in [-0.15, -0.1) is 0 Å². The van der Waals surface area contributed by atoms with Gasteiger partial charge in [0.05, 0.1) is 18.7 Å². The molecule has 0 radical (unpaired) electrons. The summed E-state index contributed by atoms with van der Waals surface area (Å²) >= 11 is 0. The van der Waals surface area contributed by atoms with Crippen molar-refractivity contribution in [1.29, 1.82) is 0 Å². The minimum Gasteiger partial charge on any atom is -0.481 e. The van der Waals surface area contributed by atoms with Gasteiger partial charge in [0.25, 0.3) is 0 Å². The number of rotatable bonds is 6. The lowest BCUT2D eigenvalue weighted by Gasteiger charge is -2.09. The number of aromatic nitrogens is 2. The smallest absolute Gasteiger partial charge is 0.433 e. The molecule has 118 valence electrons. The summed E-state index contributed by atoms with van der Waals surface area (Å²) in [5.74, 6) is -2.33. The van der Waals surface area contributed by atoms with Crippen LogP contribution in [-0.4, -0.2) is 35.2 Å². The minimum absolute atomic E-state index is 0.0389. The lowest BCUT2D eigenvalue weighted by atomic mass is 10.3. The number of nitrogens with one attached hydrogen (secondary N) is 1. The average Bonchev–Trinajstić information content (AvgIpc) is 2.33. The first kappa shape index (κ1) is 17.3. The van der Waals surface area contributed by atoms with Crippen molar-refractivity contribution in [2.75, 3.05) is 5.75 Å². The van der Waals surface area contributed by atoms with E-state index in [1.807, 2.05) is 4.72 Å². The van der Waals surface area contributed by atoms with Crippen molar-refractivity contribution >= 4 is 16.0 Å². The first-order valence-corrected chi connectivity index (χ1v) is 7.26. The number of halogens is 3. The molecular weight excluding hydrogens is 315 g/mol. The summed E-state index contributed by atoms with van der Waals surface area (Å²) in [6, 6.07) is 0.739. The van der Waals surface area contributed by atoms with Gasteiger partial charge in [0.2, 0.25) is 10.0 Å². The predicted molar refractivity (Wildman–Crippen MR) is 64.7 cm³/mol. The normalized spacial score (nSPS) is 12.4. The zero-order valence-electron chi connectivity index (χ0n) is 10.8. The second-order valence-electron chi connectivity index (χ2n) is 4.09. The summed E-state index contributed by atoms with van der Waals surface area (Å²) in [4.78, 5) is 17.2. The fraction of sp³-hybridized carbons (Fsp3) is 0.500. The molecule has 21 heavy (non-hydrogen) atoms. The Morgan fingerprint density at radius 3 is 2.52 bits per heavy atom. The van der Waals surface area contributed by atoms with E-state index in [4.69, 9.17) is 5.11 Å². The van der Waals surface area contributed by atoms with E-state index in [-0.39, 0.29) is 11.5 Å². The van der Waals surface area contributed by atoms with Crippen LogP contribution in [0.25, 0.3) is 0 Å². The van der Waals surface area contributed by atoms with Crippen molar-refractivity contribution < 1.29 is 31.5 Å². The van der Waals surface area contributed by atoms with Crippen LogP contribution in [0.4, 0.5) is 13.2 Å². The molecule has 1 rings (SSSR count). The maximum atomic E-state index is 12.5. The molecule has 0 unspecified atom stereocenters. The Bertz CT molecular complexity index is 631. The third kappa shape index (κ3) is 6.04. The van der Waals surface area contributed by atoms with Gasteiger partial charge in [-0.05, 0) is 13.0 Å². The molecule has 1 aromatic heterocycles. The van der Waals surface area contributed by atoms with Gasteiger partial charge in [-0.1, -0.05) is 0 Å². The molecule has 0 spiro atoms. The minimum atomic E-state index is -4.66. The highest BCUT2D eigenvalue weighted by Gasteiger charge is 2.33. The molecule has 0 atom stereocenters. The fourth-order valence-electron chi connectivity index (χ4n) is 1.32. The number of alkyl halides is 3. The van der Waals surface area contributed by atoms with Gasteiger partial charge in [0.15, 0.2) is 0 Å². The van der Waals surface area contributed by atoms with Gasteiger partial charge >= 0.3 is 12.1 Å². The van der Waals surface area contributed by atoms with Gasteiger partial charge in [0, 0.05) is 5.69 Å². The summed E-state index contributed by atoms with van der Waals surface area (Å²) < 4.78 is 62.4. The van der Waals surface area contributed by atoms with Crippen LogP contribution in [0.3, 0.4) is 0 Å². The van der Waals surface area contributed by atoms with Gasteiger partial charge in [-0.25, -0.2) is 23.1 Å². The molecule has 0 bridgehead atoms. The van der Waals surface area contributed by atoms with Crippen LogP contribution in [0.15, 0.2) is 6.07 Å². The first-order chi connectivity index (χ1) is 9.49. The van der Waals surface area contributed by atoms with Crippen LogP contribution < -0.4 is 4.72 Å². The second-order valence-corrected chi connectivity index (χ2v) is 6.02. The number of carboxylic acid groups (broad SMARTS) is 1. The molecule has 0 aliphatic rings. The largest absolute Gasteiger partial charge is 0.481 e. The van der Waals surface area contributed by atoms with Crippen molar-refractivity contribution in [3.63, 3.8) is 0 Å². The lowest BCUT2D eigenvalue weighted by molar-refractivity contribution is -0.141. The van der Waals surface area contributed by atoms with Crippen molar-refractivity contribution in [3.8, 4) is 0 Å². The Balaban J connectivity index is 2.80. The molecule has 1 heterocycles. The molecule has 1 aromatic rings. The van der Waals surface area contributed by atoms with Crippen LogP contribution in [0, 0.1) is 6.92 Å². The third-order valence-electron chi connectivity index (χ3n) is 2.23. The number of aliphatic carboxylic acids is 1. The van der Waals surface area contributed by atoms with E-state index in [2.05, 4.69) is 9.97 Å². The molecule has 2 N–H and O–H groups in total. The predicted octanol–water partition coefficient (Wildman–Crippen LogP) is 0.698. The Labute approximate surface area is 118 Å². The molecule has 11 heteroatoms. The van der Waals surface area contributed by atoms with Crippen molar-refractivity contribution in [3.05, 3.63) is 23.3 Å². The molecule has 0 amide bonds. The van der Waals surface area contributed by atoms with Crippen LogP contribution in [0.2, 0.25) is 0 Å². The third-order valence-corrected chi connectivity index (χ3v) is 3.55. The standard InChI is InChI=1S/C10H12F3N3O4S/c1-6-4-7(10(11,12)13)16-8(15-6)5-14-21(19,20)3-2-9(17)18/h4,14H,2-3,5H2,1H3,(H,17,18). The Kier molecular flexibility index (Phi) is 5.23. The van der Waals surface area contributed by atoms with E-state index < -0.39 is 46.6 Å². The number of carbonyl (C=O) groups is 1. The number of hydrogen-bond donors (Lipinski definition) is 2. The maximum absolute atomic E-state index is 12.5. The maximum Gasteiger partial charge on any atom is 0.433 e. The highest BCUT2D eigenvalue weighted by Crippen LogP contribution is 2.27. The Hall–Kier alpha value is -1.75. The molecule has 0 fully saturated rings. The van der Waals surface area contributed by atoms with E-state index in [0.29, 0.717) is 0 Å². The number of nitrogens with zero attached hydrogens (tertiary/aromatic N) is 2. The highest BCUT2D eigenvalue weighted by atomic mass is 32.2. The zero-order chi connectivity index (χ0) is 16.3. The number of sulfonamides is 1. The Morgan fingerprint density at radius 2 is 2.00 bits per heavy atom. The second kappa shape index (κ2) is 6.35. The zero-order valence-corrected chi connectivity index (χ0v) is 11.6. The summed E-state index contributed by atoms with van der Waals surface area (Å²) in [5.41, 5.74) is -1.13. The van der Waals surface area contributed by atoms with Gasteiger partial charge < -0.3 is 5.11 Å². The summed E-state index contributed by atoms with van der Waals surface area (Å²) in [6.45, 7) is 0.770. The molecule has 0 saturated heterocycles. The molecule has 0 aromatic carbocycles. The summed E-state index contributed by atoms with van der Waals surface area (Å²) in [7, 11) is -3.93. The van der Waals surface area contributed by atoms with E-state index in [1.165, 1.54) is 6.92 Å². The van der Waals surface area contributed by atoms with Crippen LogP contribution in [0.1, 0.15) is 23.6 Å². The van der Waals surface area contributed by atoms with Gasteiger partial charge in [0.1, 0.15) is 11.5 Å². The fourth-order valence-corrected chi connectivity index (χ4v) is 2.26. The number of carboxylic acids is 1. The van der Waals surface area contributed by atoms with E-state index in [9.17, 15) is 26.4 Å². The molecule has 7 nitrogen and oxygen atoms in total. The molecular formula is C10H12F3N3O4S. The Morgan fingerprint density at radius 1 is 1.38 bits per heavy atom. The van der Waals surface area contributed by atoms with Crippen LogP contribution in [-0.2, 0) is 27.5 Å². The van der Waals surface area contributed by atoms with E-state index >= 15 is 0 Å². The van der Waals surface area contributed by atoms with Crippen molar-refractivity contribution in [2.24, 2.45) is 0 Å². The molecule has 0 aliphatic carbocycles. The highest BCUT2D eigenvalue weighted by molar-refractivity contribution is 7.89. The quantitative estimate of drug-likeness (QED) is 0.796. The first-order valence-electron chi connectivity index (χ1n) is 5.60. The van der Waals surface area contributed by atoms with E-state index in [1.54, 1.807) is 0 Å². The molecule has 0 saturated carbocycles. The number of hydrogen-bond acceptors (Lipinski definition) is 5. The van der Waals surface area contributed by atoms with Crippen LogP contribution >= 0.6 is 0 Å². The number of aryl methyl sites for hydroxylation is 1. The average molecular weight is 327 g/mol. The van der Waals surface area contributed by atoms with Crippen molar-refractivity contribution in [1.82, 2.24) is 14.7 Å². The van der Waals surface area contributed by atoms with Crippen molar-refractivity contribution in [2.45, 2.75) is 26.1 Å². The monoisotopic (exact) mass is 327 g/mol. The topological polar surface area (TPSA) is 109 Å². The van der Waals surface area contributed by atoms with E-state index in [0.717, 1.165) is 6.07 Å². The van der Waals surface area contributed by atoms with Gasteiger partial charge in [-0.3, -0.25) is 4.79 Å². The van der Waals surface area contributed by atoms with Crippen LogP contribution in [0.5, 0.6) is 0 Å². The summed E-state index contributed by atoms with van der Waals surface area (Å²) in [5, 5.41) is 8.38. The SMILES string of the molecule is Cc1cc(C(F)(F)F)nc(CNS(=O)(=O)CCC(=O)O)n1. The molecule has 0 aliphatic heterocycles. The lowest BCUT2D eigenvalue weighted by Crippen LogP contribution is -2.28. The summed E-state index contributed by atoms with van der Waals surface area (Å²) in [6.07, 6.45) is -5.28. The van der Waals surface area contributed by atoms with Gasteiger partial charge in [-0.2, -0.15) is 13.2 Å².